The van der Waals surface area contributed by atoms with Crippen LogP contribution in [0.3, 0.4) is 0 Å². The van der Waals surface area contributed by atoms with Gasteiger partial charge in [0.1, 0.15) is 16.3 Å². The molecule has 0 fully saturated rings. The minimum atomic E-state index is -0.744. The Balaban J connectivity index is 2.02. The Kier molecular flexibility index (Phi) is 6.62. The van der Waals surface area contributed by atoms with Crippen LogP contribution in [0.4, 0.5) is 0 Å². The number of methoxy groups -OCH3 is 1. The number of aromatic hydroxyl groups is 1. The summed E-state index contributed by atoms with van der Waals surface area (Å²) < 4.78 is 10.7. The first-order chi connectivity index (χ1) is 11.5. The van der Waals surface area contributed by atoms with Gasteiger partial charge in [0.05, 0.1) is 6.61 Å². The van der Waals surface area contributed by atoms with Gasteiger partial charge in [0, 0.05) is 31.7 Å². The highest BCUT2D eigenvalue weighted by Gasteiger charge is 2.36. The molecule has 7 heteroatoms. The van der Waals surface area contributed by atoms with Crippen LogP contribution in [0.1, 0.15) is 38.8 Å². The Bertz CT molecular complexity index is 621. The second-order valence-electron chi connectivity index (χ2n) is 5.94. The fraction of sp³-hybridized carbons (Fsp3) is 0.588. The Labute approximate surface area is 146 Å². The van der Waals surface area contributed by atoms with Crippen LogP contribution in [0.5, 0.6) is 11.5 Å². The predicted octanol–water partition coefficient (Wildman–Crippen LogP) is 2.82. The van der Waals surface area contributed by atoms with Gasteiger partial charge in [-0.05, 0) is 33.1 Å². The topological polar surface area (TPSA) is 81.0 Å². The van der Waals surface area contributed by atoms with E-state index in [0.29, 0.717) is 28.8 Å². The van der Waals surface area contributed by atoms with Crippen molar-refractivity contribution in [3.8, 4) is 11.5 Å². The number of carbonyl (C=O) groups excluding carboxylic acids is 1. The summed E-state index contributed by atoms with van der Waals surface area (Å²) in [7, 11) is 1.69. The summed E-state index contributed by atoms with van der Waals surface area (Å²) in [5, 5.41) is 11.0. The first kappa shape index (κ1) is 18.7. The maximum absolute atomic E-state index is 11.7. The molecule has 0 aromatic carbocycles. The van der Waals surface area contributed by atoms with E-state index in [1.54, 1.807) is 26.3 Å². The summed E-state index contributed by atoms with van der Waals surface area (Å²) in [6.07, 6.45) is 4.47. The van der Waals surface area contributed by atoms with Crippen molar-refractivity contribution < 1.29 is 19.4 Å². The predicted molar refractivity (Wildman–Crippen MR) is 95.2 cm³/mol. The van der Waals surface area contributed by atoms with Crippen LogP contribution in [-0.2, 0) is 9.53 Å². The summed E-state index contributed by atoms with van der Waals surface area (Å²) >= 11 is 1.43. The lowest BCUT2D eigenvalue weighted by atomic mass is 10.0. The van der Waals surface area contributed by atoms with Crippen molar-refractivity contribution in [2.24, 2.45) is 4.99 Å². The highest BCUT2D eigenvalue weighted by atomic mass is 32.2. The third-order valence-corrected chi connectivity index (χ3v) is 5.20. The quantitative estimate of drug-likeness (QED) is 0.688. The lowest BCUT2D eigenvalue weighted by Crippen LogP contribution is -2.31. The van der Waals surface area contributed by atoms with Gasteiger partial charge >= 0.3 is 0 Å². The molecular weight excluding hydrogens is 328 g/mol. The monoisotopic (exact) mass is 352 g/mol. The fourth-order valence-electron chi connectivity index (χ4n) is 2.22. The number of nitrogens with zero attached hydrogens (tertiary/aromatic N) is 2. The van der Waals surface area contributed by atoms with E-state index < -0.39 is 5.54 Å². The van der Waals surface area contributed by atoms with Gasteiger partial charge in [0.15, 0.2) is 17.3 Å². The third kappa shape index (κ3) is 4.48. The molecule has 0 bridgehead atoms. The molecule has 24 heavy (non-hydrogen) atoms. The maximum Gasteiger partial charge on any atom is 0.186 e. The molecule has 1 N–H and O–H groups in total. The zero-order chi connectivity index (χ0) is 17.6. The Morgan fingerprint density at radius 3 is 2.79 bits per heavy atom. The van der Waals surface area contributed by atoms with Crippen LogP contribution >= 0.6 is 11.8 Å². The van der Waals surface area contributed by atoms with Crippen LogP contribution in [0.2, 0.25) is 0 Å². The minimum absolute atomic E-state index is 0.00736. The average molecular weight is 352 g/mol. The second kappa shape index (κ2) is 8.48. The maximum atomic E-state index is 11.7. The smallest absolute Gasteiger partial charge is 0.186 e. The number of unbranched alkanes of at least 4 members (excludes halogenated alkanes) is 2. The Morgan fingerprint density at radius 2 is 2.12 bits per heavy atom. The van der Waals surface area contributed by atoms with Gasteiger partial charge in [-0.3, -0.25) is 9.79 Å². The van der Waals surface area contributed by atoms with Crippen molar-refractivity contribution in [1.29, 1.82) is 0 Å². The van der Waals surface area contributed by atoms with E-state index >= 15 is 0 Å². The highest BCUT2D eigenvalue weighted by molar-refractivity contribution is 8.14. The summed E-state index contributed by atoms with van der Waals surface area (Å²) in [4.78, 5) is 20.4. The van der Waals surface area contributed by atoms with Crippen LogP contribution in [0.15, 0.2) is 17.3 Å². The van der Waals surface area contributed by atoms with Gasteiger partial charge in [0.25, 0.3) is 0 Å². The first-order valence-corrected chi connectivity index (χ1v) is 9.00. The van der Waals surface area contributed by atoms with Crippen LogP contribution < -0.4 is 4.74 Å². The van der Waals surface area contributed by atoms with E-state index in [1.807, 2.05) is 0 Å². The lowest BCUT2D eigenvalue weighted by molar-refractivity contribution is -0.120. The molecule has 132 valence electrons. The molecule has 1 aromatic rings. The summed E-state index contributed by atoms with van der Waals surface area (Å²) in [6, 6.07) is 1.64. The average Bonchev–Trinajstić information content (AvgIpc) is 2.96. The number of thioether (sulfide) groups is 1. The van der Waals surface area contributed by atoms with Crippen molar-refractivity contribution >= 4 is 22.6 Å². The number of aromatic nitrogens is 1. The van der Waals surface area contributed by atoms with Crippen molar-refractivity contribution in [1.82, 2.24) is 4.98 Å². The van der Waals surface area contributed by atoms with Gasteiger partial charge in [-0.2, -0.15) is 0 Å². The van der Waals surface area contributed by atoms with E-state index in [-0.39, 0.29) is 11.5 Å². The number of hydrogen-bond donors (Lipinski definition) is 1. The van der Waals surface area contributed by atoms with Gasteiger partial charge < -0.3 is 14.6 Å². The van der Waals surface area contributed by atoms with E-state index in [9.17, 15) is 9.90 Å². The normalized spacial score (nSPS) is 20.0. The van der Waals surface area contributed by atoms with E-state index in [4.69, 9.17) is 9.47 Å². The number of ether oxygens (including phenoxy) is 2. The summed E-state index contributed by atoms with van der Waals surface area (Å²) in [5.41, 5.74) is -0.367. The van der Waals surface area contributed by atoms with Gasteiger partial charge in [-0.15, -0.1) is 11.8 Å². The molecule has 2 rings (SSSR count). The van der Waals surface area contributed by atoms with Crippen molar-refractivity contribution in [2.75, 3.05) is 26.1 Å². The molecule has 0 aliphatic carbocycles. The number of carbonyl (C=O) groups is 1. The van der Waals surface area contributed by atoms with Crippen LogP contribution in [-0.4, -0.2) is 52.5 Å². The van der Waals surface area contributed by atoms with E-state index in [1.165, 1.54) is 18.7 Å². The molecule has 0 spiro atoms. The number of rotatable bonds is 9. The van der Waals surface area contributed by atoms with Crippen LogP contribution in [0, 0.1) is 0 Å². The Morgan fingerprint density at radius 1 is 1.38 bits per heavy atom. The van der Waals surface area contributed by atoms with E-state index in [0.717, 1.165) is 25.9 Å². The number of hydrogen-bond acceptors (Lipinski definition) is 7. The third-order valence-electron chi connectivity index (χ3n) is 3.94. The van der Waals surface area contributed by atoms with Crippen molar-refractivity contribution in [3.63, 3.8) is 0 Å². The second-order valence-corrected chi connectivity index (χ2v) is 6.91. The number of aliphatic imine (C=N–C) groups is 1. The van der Waals surface area contributed by atoms with Gasteiger partial charge in [-0.1, -0.05) is 0 Å². The molecule has 0 saturated heterocycles. The molecule has 0 saturated carbocycles. The van der Waals surface area contributed by atoms with Crippen molar-refractivity contribution in [2.45, 2.75) is 38.6 Å². The largest absolute Gasteiger partial charge is 0.503 e. The summed E-state index contributed by atoms with van der Waals surface area (Å²) in [5.74, 6) is 0.941. The molecule has 1 aliphatic heterocycles. The standard InChI is InChI=1S/C17H24N2O4S/c1-12(20)17(2)11-24-16(19-17)14-15(21)13(7-8-18-14)23-10-6-4-5-9-22-3/h7-8,21H,4-6,9-11H2,1-3H3/t17-/m1/s1. The molecule has 1 aliphatic rings. The molecular formula is C17H24N2O4S. The summed E-state index contributed by atoms with van der Waals surface area (Å²) in [6.45, 7) is 4.60. The van der Waals surface area contributed by atoms with E-state index in [2.05, 4.69) is 9.98 Å². The molecule has 6 nitrogen and oxygen atoms in total. The molecule has 2 heterocycles. The lowest BCUT2D eigenvalue weighted by Gasteiger charge is -2.14. The van der Waals surface area contributed by atoms with Gasteiger partial charge in [-0.25, -0.2) is 4.98 Å². The molecule has 0 radical (unpaired) electrons. The zero-order valence-electron chi connectivity index (χ0n) is 14.4. The number of ketones is 1. The Hall–Kier alpha value is -1.60. The number of Topliss-reactive ketones (excluding diaryl/α,β-unsaturated/α-hetero) is 1. The van der Waals surface area contributed by atoms with Crippen LogP contribution in [0.25, 0.3) is 0 Å². The highest BCUT2D eigenvalue weighted by Crippen LogP contribution is 2.36. The molecule has 0 amide bonds. The number of pyridine rings is 1. The molecule has 1 aromatic heterocycles. The zero-order valence-corrected chi connectivity index (χ0v) is 15.2. The van der Waals surface area contributed by atoms with Gasteiger partial charge in [0.2, 0.25) is 0 Å². The minimum Gasteiger partial charge on any atom is -0.503 e. The first-order valence-electron chi connectivity index (χ1n) is 8.01. The molecule has 0 unspecified atom stereocenters. The molecule has 1 atom stereocenters. The van der Waals surface area contributed by atoms with Crippen molar-refractivity contribution in [3.05, 3.63) is 18.0 Å². The SMILES string of the molecule is COCCCCCOc1ccnc(C2=N[C@@](C)(C(C)=O)CS2)c1O. The fourth-order valence-corrected chi connectivity index (χ4v) is 3.45.